The molecular weight excluding hydrogens is 500 g/mol. The van der Waals surface area contributed by atoms with Gasteiger partial charge in [-0.3, -0.25) is 14.5 Å². The van der Waals surface area contributed by atoms with Crippen LogP contribution in [0.15, 0.2) is 48.0 Å². The third-order valence-electron chi connectivity index (χ3n) is 5.87. The smallest absolute Gasteiger partial charge is 0.350 e. The van der Waals surface area contributed by atoms with E-state index in [1.807, 2.05) is 0 Å². The van der Waals surface area contributed by atoms with Crippen LogP contribution < -0.4 is 19.1 Å². The van der Waals surface area contributed by atoms with E-state index in [4.69, 9.17) is 18.9 Å². The van der Waals surface area contributed by atoms with Crippen molar-refractivity contribution >= 4 is 39.9 Å². The van der Waals surface area contributed by atoms with E-state index in [9.17, 15) is 19.5 Å². The molecule has 192 valence electrons. The van der Waals surface area contributed by atoms with Gasteiger partial charge < -0.3 is 24.1 Å². The van der Waals surface area contributed by atoms with Crippen LogP contribution in [-0.2, 0) is 14.3 Å². The molecule has 2 heterocycles. The minimum atomic E-state index is -1.08. The Morgan fingerprint density at radius 1 is 1.00 bits per heavy atom. The summed E-state index contributed by atoms with van der Waals surface area (Å²) in [5.41, 5.74) is 0.924. The van der Waals surface area contributed by atoms with Gasteiger partial charge in [0.25, 0.3) is 5.78 Å². The molecule has 3 aromatic rings. The molecular formula is C26H24N2O8S. The fourth-order valence-electron chi connectivity index (χ4n) is 4.06. The maximum Gasteiger partial charge on any atom is 0.350 e. The number of aromatic nitrogens is 1. The Balaban J connectivity index is 1.97. The summed E-state index contributed by atoms with van der Waals surface area (Å²) in [4.78, 5) is 44.7. The molecule has 4 rings (SSSR count). The van der Waals surface area contributed by atoms with Gasteiger partial charge in [0.2, 0.25) is 0 Å². The minimum absolute atomic E-state index is 0.101. The molecule has 1 saturated heterocycles. The van der Waals surface area contributed by atoms with E-state index in [1.165, 1.54) is 33.3 Å². The van der Waals surface area contributed by atoms with Crippen molar-refractivity contribution in [2.75, 3.05) is 33.3 Å². The number of rotatable bonds is 7. The zero-order chi connectivity index (χ0) is 26.9. The molecule has 1 aliphatic heterocycles. The van der Waals surface area contributed by atoms with Crippen LogP contribution in [0.1, 0.15) is 32.5 Å². The van der Waals surface area contributed by atoms with Crippen LogP contribution in [0.3, 0.4) is 0 Å². The fraction of sp³-hybridized carbons (Fsp3) is 0.231. The standard InChI is InChI=1S/C26H24N2O8S/c1-13-23(25(32)36-5)37-26(27-13)28-20(14-9-10-17(34-3)18(12-14)35-4)19(22(30)24(28)31)21(29)15-7-6-8-16(11-15)33-2/h6-12,20,29H,1-5H3/b21-19+/t20-/m1/s1. The van der Waals surface area contributed by atoms with Crippen LogP contribution in [0, 0.1) is 6.92 Å². The molecule has 1 atom stereocenters. The number of esters is 1. The van der Waals surface area contributed by atoms with Crippen molar-refractivity contribution < 1.29 is 38.4 Å². The highest BCUT2D eigenvalue weighted by Crippen LogP contribution is 2.45. The third-order valence-corrected chi connectivity index (χ3v) is 7.01. The number of aryl methyl sites for hydroxylation is 1. The number of ether oxygens (including phenoxy) is 4. The van der Waals surface area contributed by atoms with E-state index < -0.39 is 23.7 Å². The molecule has 0 spiro atoms. The molecule has 0 unspecified atom stereocenters. The first-order valence-electron chi connectivity index (χ1n) is 11.0. The predicted molar refractivity (Wildman–Crippen MR) is 136 cm³/mol. The number of amides is 1. The number of aliphatic hydroxyl groups excluding tert-OH is 1. The third kappa shape index (κ3) is 4.49. The summed E-state index contributed by atoms with van der Waals surface area (Å²) >= 11 is 0.914. The number of thiazole rings is 1. The topological polar surface area (TPSA) is 124 Å². The summed E-state index contributed by atoms with van der Waals surface area (Å²) in [5, 5.41) is 11.4. The molecule has 1 aliphatic rings. The fourth-order valence-corrected chi connectivity index (χ4v) is 5.07. The predicted octanol–water partition coefficient (Wildman–Crippen LogP) is 3.89. The summed E-state index contributed by atoms with van der Waals surface area (Å²) in [6.45, 7) is 1.60. The van der Waals surface area contributed by atoms with Crippen molar-refractivity contribution in [1.82, 2.24) is 4.98 Å². The van der Waals surface area contributed by atoms with E-state index in [0.29, 0.717) is 28.5 Å². The second-order valence-corrected chi connectivity index (χ2v) is 8.90. The molecule has 11 heteroatoms. The number of carbonyl (C=O) groups is 3. The van der Waals surface area contributed by atoms with Crippen LogP contribution >= 0.6 is 11.3 Å². The number of hydrogen-bond acceptors (Lipinski definition) is 10. The van der Waals surface area contributed by atoms with Gasteiger partial charge >= 0.3 is 11.9 Å². The van der Waals surface area contributed by atoms with Gasteiger partial charge in [-0.05, 0) is 36.8 Å². The number of Topliss-reactive ketones (excluding diaryl/α,β-unsaturated/α-hetero) is 1. The minimum Gasteiger partial charge on any atom is -0.507 e. The van der Waals surface area contributed by atoms with Gasteiger partial charge in [-0.15, -0.1) is 0 Å². The molecule has 1 fully saturated rings. The van der Waals surface area contributed by atoms with Crippen molar-refractivity contribution in [3.63, 3.8) is 0 Å². The molecule has 1 N–H and O–H groups in total. The van der Waals surface area contributed by atoms with Crippen LogP contribution in [0.2, 0.25) is 0 Å². The lowest BCUT2D eigenvalue weighted by atomic mass is 9.95. The monoisotopic (exact) mass is 524 g/mol. The van der Waals surface area contributed by atoms with E-state index in [-0.39, 0.29) is 26.9 Å². The number of hydrogen-bond donors (Lipinski definition) is 1. The van der Waals surface area contributed by atoms with E-state index in [2.05, 4.69) is 4.98 Å². The summed E-state index contributed by atoms with van der Waals surface area (Å²) in [6.07, 6.45) is 0. The number of methoxy groups -OCH3 is 4. The number of nitrogens with zero attached hydrogens (tertiary/aromatic N) is 2. The van der Waals surface area contributed by atoms with Crippen molar-refractivity contribution in [3.05, 3.63) is 69.7 Å². The Hall–Kier alpha value is -4.38. The van der Waals surface area contributed by atoms with Crippen molar-refractivity contribution in [1.29, 1.82) is 0 Å². The maximum absolute atomic E-state index is 13.4. The number of ketones is 1. The van der Waals surface area contributed by atoms with Gasteiger partial charge in [0.1, 0.15) is 16.4 Å². The molecule has 37 heavy (non-hydrogen) atoms. The Morgan fingerprint density at radius 2 is 1.73 bits per heavy atom. The summed E-state index contributed by atoms with van der Waals surface area (Å²) in [6, 6.07) is 10.3. The van der Waals surface area contributed by atoms with E-state index in [1.54, 1.807) is 49.4 Å². The van der Waals surface area contributed by atoms with Gasteiger partial charge in [0.15, 0.2) is 16.6 Å². The molecule has 0 radical (unpaired) electrons. The number of anilines is 1. The Morgan fingerprint density at radius 3 is 2.38 bits per heavy atom. The van der Waals surface area contributed by atoms with Gasteiger partial charge in [0.05, 0.1) is 45.7 Å². The van der Waals surface area contributed by atoms with Crippen LogP contribution in [0.4, 0.5) is 5.13 Å². The average Bonchev–Trinajstić information content (AvgIpc) is 3.43. The van der Waals surface area contributed by atoms with E-state index >= 15 is 0 Å². The summed E-state index contributed by atoms with van der Waals surface area (Å²) < 4.78 is 20.8. The number of aliphatic hydroxyl groups is 1. The highest BCUT2D eigenvalue weighted by atomic mass is 32.1. The molecule has 10 nitrogen and oxygen atoms in total. The molecule has 1 amide bonds. The van der Waals surface area contributed by atoms with Gasteiger partial charge in [-0.1, -0.05) is 29.5 Å². The van der Waals surface area contributed by atoms with Crippen molar-refractivity contribution in [2.24, 2.45) is 0 Å². The zero-order valence-corrected chi connectivity index (χ0v) is 21.5. The van der Waals surface area contributed by atoms with Crippen molar-refractivity contribution in [2.45, 2.75) is 13.0 Å². The average molecular weight is 525 g/mol. The van der Waals surface area contributed by atoms with Crippen LogP contribution in [0.25, 0.3) is 5.76 Å². The molecule has 1 aromatic heterocycles. The van der Waals surface area contributed by atoms with Crippen LogP contribution in [0.5, 0.6) is 17.2 Å². The quantitative estimate of drug-likeness (QED) is 0.212. The van der Waals surface area contributed by atoms with Crippen LogP contribution in [-0.4, -0.2) is 56.2 Å². The summed E-state index contributed by atoms with van der Waals surface area (Å²) in [5.74, 6) is -1.56. The zero-order valence-electron chi connectivity index (χ0n) is 20.7. The molecule has 0 aliphatic carbocycles. The molecule has 2 aromatic carbocycles. The second kappa shape index (κ2) is 10.3. The maximum atomic E-state index is 13.4. The first-order valence-corrected chi connectivity index (χ1v) is 11.8. The van der Waals surface area contributed by atoms with Gasteiger partial charge in [-0.25, -0.2) is 9.78 Å². The highest BCUT2D eigenvalue weighted by Gasteiger charge is 2.48. The normalized spacial score (nSPS) is 16.6. The van der Waals surface area contributed by atoms with Gasteiger partial charge in [-0.2, -0.15) is 0 Å². The Bertz CT molecular complexity index is 1430. The first kappa shape index (κ1) is 25.7. The largest absolute Gasteiger partial charge is 0.507 e. The van der Waals surface area contributed by atoms with E-state index in [0.717, 1.165) is 11.3 Å². The second-order valence-electron chi connectivity index (χ2n) is 7.92. The Kier molecular flexibility index (Phi) is 7.16. The Labute approximate surface area is 216 Å². The SMILES string of the molecule is COC(=O)c1sc(N2C(=O)C(=O)/C(=C(/O)c3cccc(OC)c3)[C@H]2c2ccc(OC)c(OC)c2)nc1C. The lowest BCUT2D eigenvalue weighted by molar-refractivity contribution is -0.132. The summed E-state index contributed by atoms with van der Waals surface area (Å²) in [7, 11) is 5.66. The van der Waals surface area contributed by atoms with Crippen molar-refractivity contribution in [3.8, 4) is 17.2 Å². The number of carbonyl (C=O) groups excluding carboxylic acids is 3. The van der Waals surface area contributed by atoms with Gasteiger partial charge in [0, 0.05) is 5.56 Å². The highest BCUT2D eigenvalue weighted by molar-refractivity contribution is 7.17. The number of benzene rings is 2. The molecule has 0 saturated carbocycles. The molecule has 0 bridgehead atoms. The lowest BCUT2D eigenvalue weighted by Gasteiger charge is -2.23. The first-order chi connectivity index (χ1) is 17.7. The lowest BCUT2D eigenvalue weighted by Crippen LogP contribution is -2.29.